The number of hydrogen-bond donors (Lipinski definition) is 0. The van der Waals surface area contributed by atoms with Gasteiger partial charge in [0.15, 0.2) is 18.1 Å². The average molecular weight is 448 g/mol. The Morgan fingerprint density at radius 3 is 2.75 bits per heavy atom. The Bertz CT molecular complexity index is 883. The first kappa shape index (κ1) is 20.2. The molecule has 3 rings (SSSR count). The van der Waals surface area contributed by atoms with Crippen LogP contribution in [-0.2, 0) is 16.0 Å². The molecule has 6 nitrogen and oxygen atoms in total. The molecule has 1 aliphatic rings. The maximum Gasteiger partial charge on any atom is 0.338 e. The van der Waals surface area contributed by atoms with Crippen LogP contribution in [0.2, 0.25) is 0 Å². The van der Waals surface area contributed by atoms with Crippen molar-refractivity contribution in [3.63, 3.8) is 0 Å². The number of amides is 1. The van der Waals surface area contributed by atoms with Crippen LogP contribution in [0.1, 0.15) is 29.3 Å². The number of hydrogen-bond acceptors (Lipinski definition) is 5. The van der Waals surface area contributed by atoms with E-state index in [1.807, 2.05) is 31.2 Å². The van der Waals surface area contributed by atoms with Crippen LogP contribution in [0.5, 0.6) is 11.5 Å². The van der Waals surface area contributed by atoms with E-state index in [2.05, 4.69) is 15.9 Å². The molecule has 1 amide bonds. The molecule has 0 atom stereocenters. The first-order valence-corrected chi connectivity index (χ1v) is 9.90. The molecule has 148 valence electrons. The summed E-state index contributed by atoms with van der Waals surface area (Å²) in [6.07, 6.45) is 1.65. The standard InChI is InChI=1S/C21H22BrNO5/c1-3-10-27-20-16(22)11-15(12-18(20)26-2)21(25)28-13-19(24)23-9-8-14-6-4-5-7-17(14)23/h4-7,11-12H,3,8-10,13H2,1-2H3. The van der Waals surface area contributed by atoms with Gasteiger partial charge in [0.05, 0.1) is 23.8 Å². The van der Waals surface area contributed by atoms with Gasteiger partial charge < -0.3 is 19.1 Å². The Balaban J connectivity index is 1.66. The van der Waals surface area contributed by atoms with Crippen molar-refractivity contribution in [3.05, 3.63) is 52.0 Å². The predicted octanol–water partition coefficient (Wildman–Crippen LogP) is 3.99. The van der Waals surface area contributed by atoms with Gasteiger partial charge in [-0.3, -0.25) is 4.79 Å². The third-order valence-electron chi connectivity index (χ3n) is 4.43. The summed E-state index contributed by atoms with van der Waals surface area (Å²) in [7, 11) is 1.50. The molecule has 7 heteroatoms. The van der Waals surface area contributed by atoms with Gasteiger partial charge in [-0.1, -0.05) is 25.1 Å². The van der Waals surface area contributed by atoms with Gasteiger partial charge in [-0.25, -0.2) is 4.79 Å². The highest BCUT2D eigenvalue weighted by Gasteiger charge is 2.25. The van der Waals surface area contributed by atoms with Gasteiger partial charge in [-0.15, -0.1) is 0 Å². The summed E-state index contributed by atoms with van der Waals surface area (Å²) in [4.78, 5) is 26.6. The summed E-state index contributed by atoms with van der Waals surface area (Å²) >= 11 is 3.40. The van der Waals surface area contributed by atoms with Crippen molar-refractivity contribution in [2.24, 2.45) is 0 Å². The van der Waals surface area contributed by atoms with Crippen LogP contribution < -0.4 is 14.4 Å². The lowest BCUT2D eigenvalue weighted by Crippen LogP contribution is -2.33. The highest BCUT2D eigenvalue weighted by molar-refractivity contribution is 9.10. The zero-order valence-corrected chi connectivity index (χ0v) is 17.5. The number of rotatable bonds is 7. The first-order valence-electron chi connectivity index (χ1n) is 9.10. The Morgan fingerprint density at radius 1 is 1.21 bits per heavy atom. The second-order valence-corrected chi connectivity index (χ2v) is 7.19. The van der Waals surface area contributed by atoms with Gasteiger partial charge in [0.1, 0.15) is 0 Å². The largest absolute Gasteiger partial charge is 0.493 e. The third-order valence-corrected chi connectivity index (χ3v) is 5.02. The van der Waals surface area contributed by atoms with Gasteiger partial charge >= 0.3 is 5.97 Å². The Hall–Kier alpha value is -2.54. The number of carbonyl (C=O) groups excluding carboxylic acids is 2. The molecule has 1 aliphatic heterocycles. The van der Waals surface area contributed by atoms with Crippen LogP contribution in [0.15, 0.2) is 40.9 Å². The zero-order chi connectivity index (χ0) is 20.1. The molecule has 0 radical (unpaired) electrons. The average Bonchev–Trinajstić information content (AvgIpc) is 3.14. The SMILES string of the molecule is CCCOc1c(Br)cc(C(=O)OCC(=O)N2CCc3ccccc32)cc1OC. The number of nitrogens with zero attached hydrogens (tertiary/aromatic N) is 1. The van der Waals surface area contributed by atoms with Crippen molar-refractivity contribution in [2.75, 3.05) is 31.8 Å². The number of esters is 1. The molecule has 2 aromatic carbocycles. The molecule has 0 fully saturated rings. The van der Waals surface area contributed by atoms with E-state index < -0.39 is 5.97 Å². The first-order chi connectivity index (χ1) is 13.5. The van der Waals surface area contributed by atoms with Crippen molar-refractivity contribution >= 4 is 33.5 Å². The maximum absolute atomic E-state index is 12.5. The van der Waals surface area contributed by atoms with E-state index in [9.17, 15) is 9.59 Å². The van der Waals surface area contributed by atoms with Crippen molar-refractivity contribution < 1.29 is 23.8 Å². The topological polar surface area (TPSA) is 65.1 Å². The number of halogens is 1. The minimum Gasteiger partial charge on any atom is -0.493 e. The normalized spacial score (nSPS) is 12.5. The van der Waals surface area contributed by atoms with Crippen molar-refractivity contribution in [1.82, 2.24) is 0 Å². The predicted molar refractivity (Wildman–Crippen MR) is 109 cm³/mol. The van der Waals surface area contributed by atoms with Crippen LogP contribution in [-0.4, -0.2) is 38.7 Å². The number of methoxy groups -OCH3 is 1. The lowest BCUT2D eigenvalue weighted by Gasteiger charge is -2.17. The van der Waals surface area contributed by atoms with Crippen LogP contribution in [0.3, 0.4) is 0 Å². The maximum atomic E-state index is 12.5. The molecule has 1 heterocycles. The number of carbonyl (C=O) groups is 2. The van der Waals surface area contributed by atoms with E-state index in [1.165, 1.54) is 7.11 Å². The fourth-order valence-corrected chi connectivity index (χ4v) is 3.62. The fraction of sp³-hybridized carbons (Fsp3) is 0.333. The van der Waals surface area contributed by atoms with Gasteiger partial charge in [0, 0.05) is 12.2 Å². The number of para-hydroxylation sites is 1. The monoisotopic (exact) mass is 447 g/mol. The Morgan fingerprint density at radius 2 is 2.00 bits per heavy atom. The fourth-order valence-electron chi connectivity index (χ4n) is 3.07. The quantitative estimate of drug-likeness (QED) is 0.600. The molecule has 0 spiro atoms. The van der Waals surface area contributed by atoms with Crippen LogP contribution in [0.4, 0.5) is 5.69 Å². The van der Waals surface area contributed by atoms with Gasteiger partial charge in [-0.2, -0.15) is 0 Å². The molecular weight excluding hydrogens is 426 g/mol. The van der Waals surface area contributed by atoms with Gasteiger partial charge in [-0.05, 0) is 52.5 Å². The smallest absolute Gasteiger partial charge is 0.338 e. The highest BCUT2D eigenvalue weighted by atomic mass is 79.9. The third kappa shape index (κ3) is 4.30. The van der Waals surface area contributed by atoms with E-state index in [4.69, 9.17) is 14.2 Å². The number of fused-ring (bicyclic) bond motifs is 1. The lowest BCUT2D eigenvalue weighted by molar-refractivity contribution is -0.121. The lowest BCUT2D eigenvalue weighted by atomic mass is 10.2. The molecule has 0 aliphatic carbocycles. The van der Waals surface area contributed by atoms with E-state index in [0.717, 1.165) is 24.1 Å². The van der Waals surface area contributed by atoms with Crippen LogP contribution in [0, 0.1) is 0 Å². The molecule has 0 saturated heterocycles. The molecule has 28 heavy (non-hydrogen) atoms. The molecule has 0 N–H and O–H groups in total. The van der Waals surface area contributed by atoms with Crippen molar-refractivity contribution in [1.29, 1.82) is 0 Å². The molecular formula is C21H22BrNO5. The Kier molecular flexibility index (Phi) is 6.57. The van der Waals surface area contributed by atoms with Gasteiger partial charge in [0.2, 0.25) is 0 Å². The molecule has 2 aromatic rings. The van der Waals surface area contributed by atoms with Crippen LogP contribution >= 0.6 is 15.9 Å². The molecule has 0 unspecified atom stereocenters. The van der Waals surface area contributed by atoms with E-state index in [-0.39, 0.29) is 18.1 Å². The van der Waals surface area contributed by atoms with E-state index in [0.29, 0.717) is 29.1 Å². The van der Waals surface area contributed by atoms with Crippen molar-refractivity contribution in [2.45, 2.75) is 19.8 Å². The number of anilines is 1. The minimum absolute atomic E-state index is 0.243. The van der Waals surface area contributed by atoms with Gasteiger partial charge in [0.25, 0.3) is 5.91 Å². The van der Waals surface area contributed by atoms with Crippen molar-refractivity contribution in [3.8, 4) is 11.5 Å². The summed E-state index contributed by atoms with van der Waals surface area (Å²) in [5.74, 6) is 0.120. The Labute approximate surface area is 172 Å². The summed E-state index contributed by atoms with van der Waals surface area (Å²) in [6, 6.07) is 10.9. The van der Waals surface area contributed by atoms with E-state index in [1.54, 1.807) is 17.0 Å². The second-order valence-electron chi connectivity index (χ2n) is 6.34. The summed E-state index contributed by atoms with van der Waals surface area (Å²) in [5.41, 5.74) is 2.28. The molecule has 0 saturated carbocycles. The minimum atomic E-state index is -0.595. The van der Waals surface area contributed by atoms with Crippen LogP contribution in [0.25, 0.3) is 0 Å². The summed E-state index contributed by atoms with van der Waals surface area (Å²) in [6.45, 7) is 2.81. The number of benzene rings is 2. The second kappa shape index (κ2) is 9.10. The summed E-state index contributed by atoms with van der Waals surface area (Å²) < 4.78 is 16.8. The summed E-state index contributed by atoms with van der Waals surface area (Å²) in [5, 5.41) is 0. The molecule has 0 aromatic heterocycles. The number of ether oxygens (including phenoxy) is 3. The zero-order valence-electron chi connectivity index (χ0n) is 15.9. The van der Waals surface area contributed by atoms with E-state index >= 15 is 0 Å². The highest BCUT2D eigenvalue weighted by Crippen LogP contribution is 2.37. The molecule has 0 bridgehead atoms.